The molecule has 0 atom stereocenters. The molecule has 0 amide bonds. The fourth-order valence-corrected chi connectivity index (χ4v) is 4.62. The topological polar surface area (TPSA) is 59.4 Å². The Hall–Kier alpha value is -1.61. The van der Waals surface area contributed by atoms with Gasteiger partial charge in [-0.1, -0.05) is 12.8 Å². The minimum Gasteiger partial charge on any atom is -0.360 e. The molecule has 2 saturated carbocycles. The largest absolute Gasteiger partial charge is 0.492 e. The van der Waals surface area contributed by atoms with E-state index in [0.29, 0.717) is 12.0 Å². The van der Waals surface area contributed by atoms with Crippen molar-refractivity contribution >= 4 is 5.97 Å². The van der Waals surface area contributed by atoms with Gasteiger partial charge in [-0.15, -0.1) is 5.06 Å². The van der Waals surface area contributed by atoms with E-state index in [1.54, 1.807) is 19.3 Å². The summed E-state index contributed by atoms with van der Waals surface area (Å²) in [6.07, 6.45) is 6.36. The molecule has 0 radical (unpaired) electrons. The normalized spacial score (nSPS) is 20.2. The predicted octanol–water partition coefficient (Wildman–Crippen LogP) is 3.60. The van der Waals surface area contributed by atoms with E-state index in [1.165, 1.54) is 38.5 Å². The molecule has 2 aliphatic carbocycles. The number of likely N-dealkylation sites (N-methyl/N-ethyl adjacent to an activating group) is 1. The van der Waals surface area contributed by atoms with Crippen LogP contribution in [0.2, 0.25) is 0 Å². The van der Waals surface area contributed by atoms with Crippen LogP contribution >= 0.6 is 0 Å². The molecule has 1 aromatic heterocycles. The number of hydrogen-bond acceptors (Lipinski definition) is 5. The Morgan fingerprint density at radius 1 is 1.32 bits per heavy atom. The minimum absolute atomic E-state index is 0.0745. The summed E-state index contributed by atoms with van der Waals surface area (Å²) in [5, 5.41) is 8.34. The van der Waals surface area contributed by atoms with Gasteiger partial charge in [-0.2, -0.15) is 18.3 Å². The standard InChI is InChI=1S/C19H29F3N4O2/c1-23-12-13-25(28-17(27)19(20,21)22)14-16-6-11-24-26(16)15-4-9-18(10-5-15)7-2-3-8-18/h6,11,15,23H,2-5,7-10,12-14H2,1H3. The molecule has 0 saturated heterocycles. The van der Waals surface area contributed by atoms with Crippen LogP contribution in [0.15, 0.2) is 12.3 Å². The highest BCUT2D eigenvalue weighted by atomic mass is 19.4. The third-order valence-corrected chi connectivity index (χ3v) is 6.17. The molecular formula is C19H29F3N4O2. The lowest BCUT2D eigenvalue weighted by atomic mass is 9.71. The van der Waals surface area contributed by atoms with Gasteiger partial charge in [0.05, 0.1) is 18.3 Å². The van der Waals surface area contributed by atoms with Crippen LogP contribution in [0.1, 0.15) is 63.1 Å². The number of alkyl halides is 3. The Bertz CT molecular complexity index is 646. The first kappa shape index (κ1) is 21.1. The van der Waals surface area contributed by atoms with Gasteiger partial charge in [0, 0.05) is 19.3 Å². The van der Waals surface area contributed by atoms with Crippen molar-refractivity contribution in [1.82, 2.24) is 20.2 Å². The average molecular weight is 402 g/mol. The smallest absolute Gasteiger partial charge is 0.360 e. The molecule has 6 nitrogen and oxygen atoms in total. The molecule has 1 spiro atoms. The van der Waals surface area contributed by atoms with Gasteiger partial charge in [0.25, 0.3) is 0 Å². The highest BCUT2D eigenvalue weighted by Gasteiger charge is 2.43. The van der Waals surface area contributed by atoms with Crippen molar-refractivity contribution in [3.05, 3.63) is 18.0 Å². The lowest BCUT2D eigenvalue weighted by Crippen LogP contribution is -2.38. The van der Waals surface area contributed by atoms with E-state index < -0.39 is 12.1 Å². The van der Waals surface area contributed by atoms with Crippen LogP contribution in [0.25, 0.3) is 0 Å². The Balaban J connectivity index is 1.64. The maximum atomic E-state index is 12.6. The molecule has 28 heavy (non-hydrogen) atoms. The minimum atomic E-state index is -5.02. The van der Waals surface area contributed by atoms with Crippen molar-refractivity contribution in [2.24, 2.45) is 5.41 Å². The number of hydrogen-bond donors (Lipinski definition) is 1. The summed E-state index contributed by atoms with van der Waals surface area (Å²) in [5.41, 5.74) is 1.27. The third kappa shape index (κ3) is 5.05. The second-order valence-electron chi connectivity index (χ2n) is 8.05. The SMILES string of the molecule is CNCCN(Cc1ccnn1C1CCC2(CCCC2)CC1)OC(=O)C(F)(F)F. The van der Waals surface area contributed by atoms with Gasteiger partial charge in [0.1, 0.15) is 0 Å². The number of carbonyl (C=O) groups excluding carboxylic acids is 1. The van der Waals surface area contributed by atoms with Gasteiger partial charge >= 0.3 is 12.1 Å². The number of carbonyl (C=O) groups is 1. The van der Waals surface area contributed by atoms with Crippen molar-refractivity contribution in [1.29, 1.82) is 0 Å². The number of hydroxylamine groups is 2. The third-order valence-electron chi connectivity index (χ3n) is 6.17. The Morgan fingerprint density at radius 2 is 2.00 bits per heavy atom. The molecule has 2 fully saturated rings. The molecule has 1 heterocycles. The van der Waals surface area contributed by atoms with Crippen LogP contribution in [0.3, 0.4) is 0 Å². The van der Waals surface area contributed by atoms with Crippen molar-refractivity contribution in [2.45, 2.75) is 70.1 Å². The summed E-state index contributed by atoms with van der Waals surface area (Å²) in [7, 11) is 1.69. The van der Waals surface area contributed by atoms with Crippen LogP contribution in [0.4, 0.5) is 13.2 Å². The summed E-state index contributed by atoms with van der Waals surface area (Å²) in [4.78, 5) is 15.9. The lowest BCUT2D eigenvalue weighted by molar-refractivity contribution is -0.240. The average Bonchev–Trinajstić information content (AvgIpc) is 3.30. The van der Waals surface area contributed by atoms with E-state index in [2.05, 4.69) is 15.3 Å². The van der Waals surface area contributed by atoms with E-state index in [9.17, 15) is 18.0 Å². The Kier molecular flexibility index (Phi) is 6.65. The summed E-state index contributed by atoms with van der Waals surface area (Å²) in [6, 6.07) is 2.04. The molecule has 2 aliphatic rings. The molecule has 0 aromatic carbocycles. The van der Waals surface area contributed by atoms with Crippen molar-refractivity contribution in [3.63, 3.8) is 0 Å². The lowest BCUT2D eigenvalue weighted by Gasteiger charge is -2.38. The molecular weight excluding hydrogens is 373 g/mol. The van der Waals surface area contributed by atoms with Crippen LogP contribution in [-0.2, 0) is 16.2 Å². The molecule has 0 bridgehead atoms. The monoisotopic (exact) mass is 402 g/mol. The van der Waals surface area contributed by atoms with E-state index in [4.69, 9.17) is 0 Å². The summed E-state index contributed by atoms with van der Waals surface area (Å²) < 4.78 is 39.7. The number of nitrogens with one attached hydrogen (secondary N) is 1. The highest BCUT2D eigenvalue weighted by molar-refractivity contribution is 5.75. The molecule has 1 aromatic rings. The van der Waals surface area contributed by atoms with Gasteiger partial charge in [-0.3, -0.25) is 4.68 Å². The van der Waals surface area contributed by atoms with Crippen molar-refractivity contribution < 1.29 is 22.8 Å². The number of aromatic nitrogens is 2. The summed E-state index contributed by atoms with van der Waals surface area (Å²) >= 11 is 0. The maximum absolute atomic E-state index is 12.6. The molecule has 0 unspecified atom stereocenters. The van der Waals surface area contributed by atoms with Gasteiger partial charge in [0.15, 0.2) is 0 Å². The van der Waals surface area contributed by atoms with E-state index in [1.807, 2.05) is 4.68 Å². The van der Waals surface area contributed by atoms with Crippen LogP contribution in [0, 0.1) is 5.41 Å². The quantitative estimate of drug-likeness (QED) is 0.707. The van der Waals surface area contributed by atoms with Crippen molar-refractivity contribution in [3.8, 4) is 0 Å². The number of rotatable bonds is 7. The highest BCUT2D eigenvalue weighted by Crippen LogP contribution is 2.51. The second kappa shape index (κ2) is 8.82. The Labute approximate surface area is 163 Å². The summed E-state index contributed by atoms with van der Waals surface area (Å²) in [6.45, 7) is 0.619. The van der Waals surface area contributed by atoms with E-state index >= 15 is 0 Å². The summed E-state index contributed by atoms with van der Waals surface area (Å²) in [5.74, 6) is -2.20. The first-order valence-electron chi connectivity index (χ1n) is 10.0. The zero-order chi connectivity index (χ0) is 20.2. The maximum Gasteiger partial charge on any atom is 0.492 e. The van der Waals surface area contributed by atoms with Crippen molar-refractivity contribution in [2.75, 3.05) is 20.1 Å². The van der Waals surface area contributed by atoms with Crippen LogP contribution < -0.4 is 5.32 Å². The van der Waals surface area contributed by atoms with Gasteiger partial charge in [-0.25, -0.2) is 4.79 Å². The van der Waals surface area contributed by atoms with E-state index in [0.717, 1.165) is 23.6 Å². The molecule has 1 N–H and O–H groups in total. The fourth-order valence-electron chi connectivity index (χ4n) is 4.62. The molecule has 3 rings (SSSR count). The molecule has 0 aliphatic heterocycles. The first-order chi connectivity index (χ1) is 13.3. The first-order valence-corrected chi connectivity index (χ1v) is 10.0. The molecule has 9 heteroatoms. The fraction of sp³-hybridized carbons (Fsp3) is 0.789. The Morgan fingerprint density at radius 3 is 2.61 bits per heavy atom. The van der Waals surface area contributed by atoms with Crippen LogP contribution in [-0.4, -0.2) is 47.1 Å². The van der Waals surface area contributed by atoms with Gasteiger partial charge in [0.2, 0.25) is 0 Å². The zero-order valence-electron chi connectivity index (χ0n) is 16.3. The van der Waals surface area contributed by atoms with E-state index in [-0.39, 0.29) is 19.1 Å². The number of halogens is 3. The predicted molar refractivity (Wildman–Crippen MR) is 97.1 cm³/mol. The van der Waals surface area contributed by atoms with Crippen LogP contribution in [0.5, 0.6) is 0 Å². The molecule has 158 valence electrons. The van der Waals surface area contributed by atoms with Gasteiger partial charge < -0.3 is 10.2 Å². The van der Waals surface area contributed by atoms with Gasteiger partial charge in [-0.05, 0) is 57.1 Å². The second-order valence-corrected chi connectivity index (χ2v) is 8.05. The number of nitrogens with zero attached hydrogens (tertiary/aromatic N) is 3. The zero-order valence-corrected chi connectivity index (χ0v) is 16.3.